The van der Waals surface area contributed by atoms with Crippen molar-refractivity contribution in [2.75, 3.05) is 52.4 Å². The number of hydrogen-bond acceptors (Lipinski definition) is 4. The quantitative estimate of drug-likeness (QED) is 0.696. The fourth-order valence-electron chi connectivity index (χ4n) is 3.74. The molecule has 7 heteroatoms. The standard InChI is InChI=1S/C18H34N4O2.ClH/c1-3-10-21(11-4-2)17(23)5-6-18(24)22-12-7-16(15-22)20-13-8-19-9-14-20;/h16,19H,3-15H2,1-2H3;1H. The first-order valence-electron chi connectivity index (χ1n) is 9.66. The molecule has 0 bridgehead atoms. The third kappa shape index (κ3) is 6.76. The SMILES string of the molecule is CCCN(CCC)C(=O)CCC(=O)N1CCC(N2CCNCC2)C1.Cl. The molecule has 1 atom stereocenters. The van der Waals surface area contributed by atoms with E-state index in [1.165, 1.54) is 0 Å². The number of hydrogen-bond donors (Lipinski definition) is 1. The molecule has 0 aromatic rings. The van der Waals surface area contributed by atoms with Gasteiger partial charge in [-0.05, 0) is 19.3 Å². The van der Waals surface area contributed by atoms with E-state index in [0.29, 0.717) is 18.9 Å². The molecule has 0 aliphatic carbocycles. The van der Waals surface area contributed by atoms with Gasteiger partial charge in [0.15, 0.2) is 0 Å². The number of rotatable bonds is 8. The zero-order valence-corrected chi connectivity index (χ0v) is 16.7. The van der Waals surface area contributed by atoms with Crippen LogP contribution in [0, 0.1) is 0 Å². The van der Waals surface area contributed by atoms with E-state index in [4.69, 9.17) is 0 Å². The van der Waals surface area contributed by atoms with Gasteiger partial charge >= 0.3 is 0 Å². The number of nitrogens with one attached hydrogen (secondary N) is 1. The molecule has 0 radical (unpaired) electrons. The predicted octanol–water partition coefficient (Wildman–Crippen LogP) is 1.34. The van der Waals surface area contributed by atoms with Crippen LogP contribution in [-0.2, 0) is 9.59 Å². The highest BCUT2D eigenvalue weighted by molar-refractivity contribution is 5.85. The largest absolute Gasteiger partial charge is 0.343 e. The molecule has 0 spiro atoms. The van der Waals surface area contributed by atoms with Crippen LogP contribution >= 0.6 is 12.4 Å². The molecule has 2 aliphatic heterocycles. The summed E-state index contributed by atoms with van der Waals surface area (Å²) in [4.78, 5) is 31.1. The zero-order valence-electron chi connectivity index (χ0n) is 15.8. The van der Waals surface area contributed by atoms with E-state index in [1.807, 2.05) is 9.80 Å². The zero-order chi connectivity index (χ0) is 17.4. The van der Waals surface area contributed by atoms with Gasteiger partial charge in [0.2, 0.25) is 11.8 Å². The summed E-state index contributed by atoms with van der Waals surface area (Å²) < 4.78 is 0. The van der Waals surface area contributed by atoms with Crippen LogP contribution in [-0.4, -0.2) is 84.9 Å². The third-order valence-electron chi connectivity index (χ3n) is 5.08. The van der Waals surface area contributed by atoms with Gasteiger partial charge in [0.1, 0.15) is 0 Å². The Balaban J connectivity index is 0.00000312. The molecule has 0 aromatic carbocycles. The Morgan fingerprint density at radius 3 is 2.28 bits per heavy atom. The maximum atomic E-state index is 12.4. The average molecular weight is 375 g/mol. The van der Waals surface area contributed by atoms with Gasteiger partial charge in [-0.1, -0.05) is 13.8 Å². The second-order valence-electron chi connectivity index (χ2n) is 6.95. The average Bonchev–Trinajstić information content (AvgIpc) is 3.10. The minimum atomic E-state index is 0. The van der Waals surface area contributed by atoms with Crippen LogP contribution < -0.4 is 5.32 Å². The van der Waals surface area contributed by atoms with Crippen LogP contribution in [0.3, 0.4) is 0 Å². The molecule has 146 valence electrons. The van der Waals surface area contributed by atoms with Crippen LogP contribution in [0.5, 0.6) is 0 Å². The second-order valence-corrected chi connectivity index (χ2v) is 6.95. The van der Waals surface area contributed by atoms with Gasteiger partial charge in [-0.2, -0.15) is 0 Å². The summed E-state index contributed by atoms with van der Waals surface area (Å²) in [5.41, 5.74) is 0. The summed E-state index contributed by atoms with van der Waals surface area (Å²) in [6, 6.07) is 0.503. The number of nitrogens with zero attached hydrogens (tertiary/aromatic N) is 3. The highest BCUT2D eigenvalue weighted by Gasteiger charge is 2.30. The lowest BCUT2D eigenvalue weighted by atomic mass is 10.2. The Bertz CT molecular complexity index is 410. The molecule has 2 fully saturated rings. The molecule has 2 heterocycles. The van der Waals surface area contributed by atoms with Crippen molar-refractivity contribution in [3.05, 3.63) is 0 Å². The van der Waals surface area contributed by atoms with Crippen LogP contribution in [0.25, 0.3) is 0 Å². The van der Waals surface area contributed by atoms with E-state index < -0.39 is 0 Å². The van der Waals surface area contributed by atoms with Crippen molar-refractivity contribution in [3.63, 3.8) is 0 Å². The first kappa shape index (κ1) is 22.2. The smallest absolute Gasteiger partial charge is 0.223 e. The van der Waals surface area contributed by atoms with Gasteiger partial charge in [0.25, 0.3) is 0 Å². The number of carbonyl (C=O) groups is 2. The van der Waals surface area contributed by atoms with Gasteiger partial charge in [-0.25, -0.2) is 0 Å². The Morgan fingerprint density at radius 2 is 1.68 bits per heavy atom. The number of amides is 2. The van der Waals surface area contributed by atoms with Crippen molar-refractivity contribution < 1.29 is 9.59 Å². The Kier molecular flexibility index (Phi) is 10.4. The predicted molar refractivity (Wildman–Crippen MR) is 103 cm³/mol. The van der Waals surface area contributed by atoms with Crippen molar-refractivity contribution in [1.29, 1.82) is 0 Å². The third-order valence-corrected chi connectivity index (χ3v) is 5.08. The highest BCUT2D eigenvalue weighted by Crippen LogP contribution is 2.17. The van der Waals surface area contributed by atoms with Crippen LogP contribution in [0.2, 0.25) is 0 Å². The van der Waals surface area contributed by atoms with Crippen LogP contribution in [0.4, 0.5) is 0 Å². The normalized spacial score (nSPS) is 21.0. The van der Waals surface area contributed by atoms with Gasteiger partial charge < -0.3 is 15.1 Å². The van der Waals surface area contributed by atoms with E-state index in [-0.39, 0.29) is 24.2 Å². The molecule has 1 unspecified atom stereocenters. The lowest BCUT2D eigenvalue weighted by molar-refractivity contribution is -0.136. The van der Waals surface area contributed by atoms with E-state index >= 15 is 0 Å². The lowest BCUT2D eigenvalue weighted by Crippen LogP contribution is -2.49. The van der Waals surface area contributed by atoms with Crippen molar-refractivity contribution in [1.82, 2.24) is 20.0 Å². The van der Waals surface area contributed by atoms with Gasteiger partial charge in [0.05, 0.1) is 0 Å². The Morgan fingerprint density at radius 1 is 1.04 bits per heavy atom. The second kappa shape index (κ2) is 11.7. The fourth-order valence-corrected chi connectivity index (χ4v) is 3.74. The van der Waals surface area contributed by atoms with Crippen molar-refractivity contribution in [2.24, 2.45) is 0 Å². The molecule has 2 amide bonds. The molecule has 6 nitrogen and oxygen atoms in total. The molecule has 0 aromatic heterocycles. The van der Waals surface area contributed by atoms with E-state index in [1.54, 1.807) is 0 Å². The van der Waals surface area contributed by atoms with Gasteiger partial charge in [0, 0.05) is 71.2 Å². The molecule has 25 heavy (non-hydrogen) atoms. The first-order valence-corrected chi connectivity index (χ1v) is 9.66. The molecular formula is C18H35ClN4O2. The number of piperazine rings is 1. The molecule has 2 rings (SSSR count). The van der Waals surface area contributed by atoms with Crippen LogP contribution in [0.1, 0.15) is 46.0 Å². The summed E-state index contributed by atoms with van der Waals surface area (Å²) in [7, 11) is 0. The first-order chi connectivity index (χ1) is 11.7. The monoisotopic (exact) mass is 374 g/mol. The molecule has 0 saturated carbocycles. The van der Waals surface area contributed by atoms with E-state index in [2.05, 4.69) is 24.1 Å². The lowest BCUT2D eigenvalue weighted by Gasteiger charge is -2.32. The maximum absolute atomic E-state index is 12.4. The Hall–Kier alpha value is -0.850. The van der Waals surface area contributed by atoms with E-state index in [9.17, 15) is 9.59 Å². The fraction of sp³-hybridized carbons (Fsp3) is 0.889. The maximum Gasteiger partial charge on any atom is 0.223 e. The number of likely N-dealkylation sites (tertiary alicyclic amines) is 1. The number of halogens is 1. The van der Waals surface area contributed by atoms with Crippen molar-refractivity contribution in [3.8, 4) is 0 Å². The van der Waals surface area contributed by atoms with Crippen molar-refractivity contribution in [2.45, 2.75) is 52.0 Å². The summed E-state index contributed by atoms with van der Waals surface area (Å²) in [6.07, 6.45) is 3.72. The summed E-state index contributed by atoms with van der Waals surface area (Å²) in [5.74, 6) is 0.277. The summed E-state index contributed by atoms with van der Waals surface area (Å²) >= 11 is 0. The minimum Gasteiger partial charge on any atom is -0.343 e. The molecular weight excluding hydrogens is 340 g/mol. The summed E-state index contributed by atoms with van der Waals surface area (Å²) in [5, 5.41) is 3.37. The number of carbonyl (C=O) groups excluding carboxylic acids is 2. The molecule has 1 N–H and O–H groups in total. The van der Waals surface area contributed by atoms with Crippen LogP contribution in [0.15, 0.2) is 0 Å². The highest BCUT2D eigenvalue weighted by atomic mass is 35.5. The van der Waals surface area contributed by atoms with Gasteiger partial charge in [-0.3, -0.25) is 14.5 Å². The molecule has 2 saturated heterocycles. The minimum absolute atomic E-state index is 0. The molecule has 2 aliphatic rings. The topological polar surface area (TPSA) is 55.9 Å². The van der Waals surface area contributed by atoms with Gasteiger partial charge in [-0.15, -0.1) is 12.4 Å². The van der Waals surface area contributed by atoms with E-state index in [0.717, 1.165) is 71.6 Å². The summed E-state index contributed by atoms with van der Waals surface area (Å²) in [6.45, 7) is 11.7. The Labute approximate surface area is 158 Å². The van der Waals surface area contributed by atoms with Crippen molar-refractivity contribution >= 4 is 24.2 Å².